The minimum absolute atomic E-state index is 0.0853. The van der Waals surface area contributed by atoms with E-state index >= 15 is 0 Å². The van der Waals surface area contributed by atoms with Crippen LogP contribution >= 0.6 is 0 Å². The van der Waals surface area contributed by atoms with Crippen LogP contribution in [0.25, 0.3) is 0 Å². The van der Waals surface area contributed by atoms with Crippen LogP contribution in [0.1, 0.15) is 34.7 Å². The molecule has 0 atom stereocenters. The summed E-state index contributed by atoms with van der Waals surface area (Å²) in [5.41, 5.74) is 5.14. The van der Waals surface area contributed by atoms with Gasteiger partial charge in [0, 0.05) is 39.8 Å². The van der Waals surface area contributed by atoms with Gasteiger partial charge < -0.3 is 19.3 Å². The van der Waals surface area contributed by atoms with Crippen molar-refractivity contribution >= 4 is 15.9 Å². The lowest BCUT2D eigenvalue weighted by atomic mass is 10.00. The van der Waals surface area contributed by atoms with Crippen LogP contribution in [0.4, 0.5) is 0 Å². The molecule has 0 unspecified atom stereocenters. The van der Waals surface area contributed by atoms with E-state index in [2.05, 4.69) is 30.1 Å². The highest BCUT2D eigenvalue weighted by molar-refractivity contribution is 7.89. The Labute approximate surface area is 222 Å². The number of benzene rings is 2. The number of aryl methyl sites for hydroxylation is 2. The lowest BCUT2D eigenvalue weighted by Crippen LogP contribution is -2.35. The number of carbonyl (C=O) groups excluding carboxylic acids is 1. The SMILES string of the molecule is CCN(Cc1ccc2c(c1)CCN(C)CC2)C(=O)COCCN(C)S(=O)(=O)c1c(C)cc(OC)cc1C. The summed E-state index contributed by atoms with van der Waals surface area (Å²) < 4.78 is 38.4. The lowest BCUT2D eigenvalue weighted by Gasteiger charge is -2.23. The molecule has 8 nitrogen and oxygen atoms in total. The van der Waals surface area contributed by atoms with Crippen LogP contribution in [0.2, 0.25) is 0 Å². The fourth-order valence-electron chi connectivity index (χ4n) is 4.74. The van der Waals surface area contributed by atoms with Gasteiger partial charge in [0.1, 0.15) is 12.4 Å². The number of sulfonamides is 1. The molecular formula is C28H41N3O5S. The Kier molecular flexibility index (Phi) is 10.1. The molecule has 0 saturated heterocycles. The number of carbonyl (C=O) groups is 1. The van der Waals surface area contributed by atoms with Crippen LogP contribution in [0.3, 0.4) is 0 Å². The fraction of sp³-hybridized carbons (Fsp3) is 0.536. The number of fused-ring (bicyclic) bond motifs is 1. The first kappa shape index (κ1) is 29.1. The number of nitrogens with zero attached hydrogens (tertiary/aromatic N) is 3. The zero-order valence-electron chi connectivity index (χ0n) is 23.0. The molecule has 0 fully saturated rings. The smallest absolute Gasteiger partial charge is 0.248 e. The third-order valence-corrected chi connectivity index (χ3v) is 9.18. The highest BCUT2D eigenvalue weighted by Crippen LogP contribution is 2.27. The van der Waals surface area contributed by atoms with Gasteiger partial charge in [-0.15, -0.1) is 0 Å². The average molecular weight is 532 g/mol. The Bertz CT molecular complexity index is 1180. The fourth-order valence-corrected chi connectivity index (χ4v) is 6.30. The average Bonchev–Trinajstić information content (AvgIpc) is 3.05. The molecule has 204 valence electrons. The second-order valence-electron chi connectivity index (χ2n) is 9.78. The van der Waals surface area contributed by atoms with Crippen LogP contribution in [-0.4, -0.2) is 89.0 Å². The number of amides is 1. The third-order valence-electron chi connectivity index (χ3n) is 7.02. The summed E-state index contributed by atoms with van der Waals surface area (Å²) in [5.74, 6) is 0.516. The van der Waals surface area contributed by atoms with E-state index in [0.29, 0.717) is 30.0 Å². The molecular weight excluding hydrogens is 490 g/mol. The van der Waals surface area contributed by atoms with Crippen LogP contribution < -0.4 is 4.74 Å². The van der Waals surface area contributed by atoms with Crippen molar-refractivity contribution in [1.29, 1.82) is 0 Å². The first-order valence-electron chi connectivity index (χ1n) is 12.8. The minimum Gasteiger partial charge on any atom is -0.497 e. The van der Waals surface area contributed by atoms with E-state index in [1.807, 2.05) is 6.92 Å². The molecule has 1 aliphatic rings. The van der Waals surface area contributed by atoms with Gasteiger partial charge in [-0.05, 0) is 80.6 Å². The van der Waals surface area contributed by atoms with E-state index in [4.69, 9.17) is 9.47 Å². The number of likely N-dealkylation sites (N-methyl/N-ethyl adjacent to an activating group) is 3. The second kappa shape index (κ2) is 12.9. The molecule has 0 bridgehead atoms. The molecule has 2 aromatic carbocycles. The maximum atomic E-state index is 13.2. The topological polar surface area (TPSA) is 79.4 Å². The predicted octanol–water partition coefficient (Wildman–Crippen LogP) is 3.03. The van der Waals surface area contributed by atoms with Crippen molar-refractivity contribution in [2.75, 3.05) is 60.6 Å². The standard InChI is InChI=1S/C28H41N3O5S/c1-7-31(19-23-8-9-24-10-12-29(4)13-11-25(24)18-23)27(32)20-36-15-14-30(5)37(33,34)28-21(2)16-26(35-6)17-22(28)3/h8-9,16-18H,7,10-15,19-20H2,1-6H3. The Morgan fingerprint density at radius 2 is 1.70 bits per heavy atom. The van der Waals surface area contributed by atoms with Gasteiger partial charge in [0.2, 0.25) is 15.9 Å². The summed E-state index contributed by atoms with van der Waals surface area (Å²) in [6.07, 6.45) is 2.08. The largest absolute Gasteiger partial charge is 0.497 e. The maximum Gasteiger partial charge on any atom is 0.248 e. The Morgan fingerprint density at radius 3 is 2.32 bits per heavy atom. The summed E-state index contributed by atoms with van der Waals surface area (Å²) >= 11 is 0. The molecule has 1 amide bonds. The van der Waals surface area contributed by atoms with E-state index in [0.717, 1.165) is 31.5 Å². The maximum absolute atomic E-state index is 13.2. The Balaban J connectivity index is 1.53. The number of hydrogen-bond acceptors (Lipinski definition) is 6. The quantitative estimate of drug-likeness (QED) is 0.415. The van der Waals surface area contributed by atoms with Crippen molar-refractivity contribution in [2.24, 2.45) is 0 Å². The Hall–Kier alpha value is -2.46. The molecule has 1 heterocycles. The number of ether oxygens (including phenoxy) is 2. The lowest BCUT2D eigenvalue weighted by molar-refractivity contribution is -0.136. The molecule has 0 radical (unpaired) electrons. The molecule has 0 saturated carbocycles. The minimum atomic E-state index is -3.70. The second-order valence-corrected chi connectivity index (χ2v) is 11.8. The van der Waals surface area contributed by atoms with Gasteiger partial charge in [-0.1, -0.05) is 18.2 Å². The van der Waals surface area contributed by atoms with Gasteiger partial charge in [0.25, 0.3) is 0 Å². The summed E-state index contributed by atoms with van der Waals surface area (Å²) in [4.78, 5) is 17.2. The van der Waals surface area contributed by atoms with E-state index in [-0.39, 0.29) is 30.6 Å². The number of methoxy groups -OCH3 is 1. The predicted molar refractivity (Wildman–Crippen MR) is 146 cm³/mol. The third kappa shape index (κ3) is 7.31. The summed E-state index contributed by atoms with van der Waals surface area (Å²) in [7, 11) is 1.53. The first-order valence-corrected chi connectivity index (χ1v) is 14.3. The van der Waals surface area contributed by atoms with Crippen LogP contribution in [-0.2, 0) is 38.9 Å². The summed E-state index contributed by atoms with van der Waals surface area (Å²) in [6.45, 7) is 8.88. The van der Waals surface area contributed by atoms with Gasteiger partial charge in [-0.3, -0.25) is 4.79 Å². The van der Waals surface area contributed by atoms with Gasteiger partial charge in [0.15, 0.2) is 0 Å². The molecule has 0 aliphatic carbocycles. The van der Waals surface area contributed by atoms with Crippen molar-refractivity contribution in [3.05, 3.63) is 58.1 Å². The van der Waals surface area contributed by atoms with E-state index in [1.54, 1.807) is 38.0 Å². The van der Waals surface area contributed by atoms with Crippen molar-refractivity contribution < 1.29 is 22.7 Å². The first-order chi connectivity index (χ1) is 17.6. The highest BCUT2D eigenvalue weighted by Gasteiger charge is 2.25. The van der Waals surface area contributed by atoms with Crippen LogP contribution in [0.15, 0.2) is 35.2 Å². The van der Waals surface area contributed by atoms with Crippen LogP contribution in [0.5, 0.6) is 5.75 Å². The van der Waals surface area contributed by atoms with Gasteiger partial charge in [-0.25, -0.2) is 8.42 Å². The van der Waals surface area contributed by atoms with Crippen molar-refractivity contribution in [3.8, 4) is 5.75 Å². The van der Waals surface area contributed by atoms with Crippen LogP contribution in [0, 0.1) is 13.8 Å². The molecule has 2 aromatic rings. The van der Waals surface area contributed by atoms with Crippen molar-refractivity contribution in [1.82, 2.24) is 14.1 Å². The van der Waals surface area contributed by atoms with Crippen molar-refractivity contribution in [3.63, 3.8) is 0 Å². The monoisotopic (exact) mass is 531 g/mol. The Morgan fingerprint density at radius 1 is 1.05 bits per heavy atom. The van der Waals surface area contributed by atoms with Gasteiger partial charge in [0.05, 0.1) is 18.6 Å². The van der Waals surface area contributed by atoms with E-state index < -0.39 is 10.0 Å². The molecule has 37 heavy (non-hydrogen) atoms. The number of hydrogen-bond donors (Lipinski definition) is 0. The van der Waals surface area contributed by atoms with Gasteiger partial charge in [-0.2, -0.15) is 4.31 Å². The molecule has 1 aliphatic heterocycles. The molecule has 0 aromatic heterocycles. The molecule has 9 heteroatoms. The summed E-state index contributed by atoms with van der Waals surface area (Å²) in [6, 6.07) is 9.97. The van der Waals surface area contributed by atoms with E-state index in [9.17, 15) is 13.2 Å². The zero-order valence-corrected chi connectivity index (χ0v) is 23.9. The normalized spacial score (nSPS) is 14.4. The molecule has 3 rings (SSSR count). The number of rotatable bonds is 11. The van der Waals surface area contributed by atoms with Gasteiger partial charge >= 0.3 is 0 Å². The van der Waals surface area contributed by atoms with Crippen molar-refractivity contribution in [2.45, 2.75) is 45.1 Å². The highest BCUT2D eigenvalue weighted by atomic mass is 32.2. The zero-order chi connectivity index (χ0) is 27.2. The summed E-state index contributed by atoms with van der Waals surface area (Å²) in [5, 5.41) is 0. The molecule has 0 N–H and O–H groups in total. The molecule has 0 spiro atoms. The van der Waals surface area contributed by atoms with E-state index in [1.165, 1.54) is 22.5 Å².